The standard InChI is InChI=1S/C14H20FN3O3S/c15-12-2-4-13(5-3-12)22(20,21)17-8-6-14(19)18-10-1-7-16-9-11-18/h2-5,16-17H,1,6-11H2. The molecule has 22 heavy (non-hydrogen) atoms. The number of rotatable bonds is 5. The van der Waals surface area contributed by atoms with Crippen LogP contribution in [-0.4, -0.2) is 51.9 Å². The van der Waals surface area contributed by atoms with Gasteiger partial charge in [-0.1, -0.05) is 0 Å². The largest absolute Gasteiger partial charge is 0.341 e. The van der Waals surface area contributed by atoms with Gasteiger partial charge in [0.2, 0.25) is 15.9 Å². The summed E-state index contributed by atoms with van der Waals surface area (Å²) in [5.41, 5.74) is 0. The fourth-order valence-electron chi connectivity index (χ4n) is 2.24. The zero-order valence-electron chi connectivity index (χ0n) is 12.2. The number of hydrogen-bond donors (Lipinski definition) is 2. The molecule has 0 atom stereocenters. The molecule has 0 aliphatic carbocycles. The number of amides is 1. The molecule has 0 aromatic heterocycles. The molecule has 1 fully saturated rings. The highest BCUT2D eigenvalue weighted by Gasteiger charge is 2.17. The Morgan fingerprint density at radius 1 is 1.23 bits per heavy atom. The summed E-state index contributed by atoms with van der Waals surface area (Å²) in [6, 6.07) is 4.56. The number of halogens is 1. The Bertz CT molecular complexity index is 596. The minimum absolute atomic E-state index is 0.0136. The molecule has 1 aromatic rings. The van der Waals surface area contributed by atoms with Crippen LogP contribution < -0.4 is 10.0 Å². The normalized spacial score (nSPS) is 16.3. The van der Waals surface area contributed by atoms with Crippen LogP contribution in [0.2, 0.25) is 0 Å². The van der Waals surface area contributed by atoms with Crippen molar-refractivity contribution in [3.63, 3.8) is 0 Å². The van der Waals surface area contributed by atoms with Gasteiger partial charge in [0.1, 0.15) is 5.82 Å². The molecule has 1 aromatic carbocycles. The van der Waals surface area contributed by atoms with E-state index in [-0.39, 0.29) is 23.8 Å². The molecule has 1 saturated heterocycles. The van der Waals surface area contributed by atoms with Crippen LogP contribution in [-0.2, 0) is 14.8 Å². The summed E-state index contributed by atoms with van der Waals surface area (Å²) in [4.78, 5) is 13.8. The van der Waals surface area contributed by atoms with Crippen LogP contribution in [0.25, 0.3) is 0 Å². The van der Waals surface area contributed by atoms with Crippen molar-refractivity contribution in [2.75, 3.05) is 32.7 Å². The minimum Gasteiger partial charge on any atom is -0.341 e. The first-order valence-corrected chi connectivity index (χ1v) is 8.71. The number of sulfonamides is 1. The predicted octanol–water partition coefficient (Wildman–Crippen LogP) is 0.316. The first-order valence-electron chi connectivity index (χ1n) is 7.23. The Balaban J connectivity index is 1.84. The molecule has 0 bridgehead atoms. The van der Waals surface area contributed by atoms with E-state index >= 15 is 0 Å². The maximum atomic E-state index is 12.8. The third-order valence-corrected chi connectivity index (χ3v) is 4.92. The Kier molecular flexibility index (Phi) is 5.87. The molecular formula is C14H20FN3O3S. The van der Waals surface area contributed by atoms with E-state index in [0.29, 0.717) is 13.1 Å². The van der Waals surface area contributed by atoms with Crippen LogP contribution >= 0.6 is 0 Å². The van der Waals surface area contributed by atoms with Gasteiger partial charge in [-0.05, 0) is 37.2 Å². The van der Waals surface area contributed by atoms with Crippen LogP contribution in [0.5, 0.6) is 0 Å². The lowest BCUT2D eigenvalue weighted by Gasteiger charge is -2.19. The topological polar surface area (TPSA) is 78.5 Å². The summed E-state index contributed by atoms with van der Waals surface area (Å²) >= 11 is 0. The highest BCUT2D eigenvalue weighted by atomic mass is 32.2. The summed E-state index contributed by atoms with van der Waals surface area (Å²) in [5, 5.41) is 3.20. The summed E-state index contributed by atoms with van der Waals surface area (Å²) in [6.07, 6.45) is 1.01. The fraction of sp³-hybridized carbons (Fsp3) is 0.500. The molecule has 0 unspecified atom stereocenters. The van der Waals surface area contributed by atoms with E-state index in [1.165, 1.54) is 12.1 Å². The lowest BCUT2D eigenvalue weighted by atomic mass is 10.3. The first-order chi connectivity index (χ1) is 10.5. The Morgan fingerprint density at radius 3 is 2.68 bits per heavy atom. The summed E-state index contributed by atoms with van der Waals surface area (Å²) in [7, 11) is -3.71. The van der Waals surface area contributed by atoms with Gasteiger partial charge in [0.15, 0.2) is 0 Å². The van der Waals surface area contributed by atoms with Crippen molar-refractivity contribution in [2.45, 2.75) is 17.7 Å². The molecule has 1 amide bonds. The van der Waals surface area contributed by atoms with Crippen molar-refractivity contribution in [1.82, 2.24) is 14.9 Å². The van der Waals surface area contributed by atoms with E-state index < -0.39 is 15.8 Å². The minimum atomic E-state index is -3.71. The van der Waals surface area contributed by atoms with Crippen LogP contribution in [0.4, 0.5) is 4.39 Å². The van der Waals surface area contributed by atoms with Crippen molar-refractivity contribution >= 4 is 15.9 Å². The Morgan fingerprint density at radius 2 is 1.95 bits per heavy atom. The summed E-state index contributed by atoms with van der Waals surface area (Å²) < 4.78 is 39.1. The van der Waals surface area contributed by atoms with Gasteiger partial charge < -0.3 is 10.2 Å². The predicted molar refractivity (Wildman–Crippen MR) is 80.3 cm³/mol. The number of nitrogens with one attached hydrogen (secondary N) is 2. The molecule has 1 heterocycles. The lowest BCUT2D eigenvalue weighted by Crippen LogP contribution is -2.36. The number of carbonyl (C=O) groups is 1. The summed E-state index contributed by atoms with van der Waals surface area (Å²) in [5.74, 6) is -0.561. The number of benzene rings is 1. The molecule has 1 aliphatic rings. The van der Waals surface area contributed by atoms with E-state index in [1.54, 1.807) is 4.90 Å². The molecule has 8 heteroatoms. The second-order valence-electron chi connectivity index (χ2n) is 5.09. The molecule has 0 saturated carbocycles. The zero-order chi connectivity index (χ0) is 16.0. The molecule has 2 N–H and O–H groups in total. The second kappa shape index (κ2) is 7.66. The number of nitrogens with zero attached hydrogens (tertiary/aromatic N) is 1. The third kappa shape index (κ3) is 4.75. The molecule has 122 valence electrons. The number of hydrogen-bond acceptors (Lipinski definition) is 4. The van der Waals surface area contributed by atoms with Crippen molar-refractivity contribution in [1.29, 1.82) is 0 Å². The van der Waals surface area contributed by atoms with Gasteiger partial charge in [0.05, 0.1) is 4.90 Å². The maximum absolute atomic E-state index is 12.8. The van der Waals surface area contributed by atoms with Crippen molar-refractivity contribution < 1.29 is 17.6 Å². The highest BCUT2D eigenvalue weighted by Crippen LogP contribution is 2.09. The smallest absolute Gasteiger partial charge is 0.240 e. The van der Waals surface area contributed by atoms with Crippen LogP contribution in [0.15, 0.2) is 29.2 Å². The van der Waals surface area contributed by atoms with Crippen molar-refractivity contribution in [3.8, 4) is 0 Å². The van der Waals surface area contributed by atoms with E-state index in [2.05, 4.69) is 10.0 Å². The zero-order valence-corrected chi connectivity index (χ0v) is 13.0. The van der Waals surface area contributed by atoms with Gasteiger partial charge >= 0.3 is 0 Å². The number of carbonyl (C=O) groups excluding carboxylic acids is 1. The van der Waals surface area contributed by atoms with E-state index in [9.17, 15) is 17.6 Å². The average Bonchev–Trinajstić information content (AvgIpc) is 2.76. The molecule has 0 radical (unpaired) electrons. The van der Waals surface area contributed by atoms with Gasteiger partial charge in [0, 0.05) is 32.6 Å². The lowest BCUT2D eigenvalue weighted by molar-refractivity contribution is -0.130. The molecule has 0 spiro atoms. The van der Waals surface area contributed by atoms with Crippen molar-refractivity contribution in [3.05, 3.63) is 30.1 Å². The quantitative estimate of drug-likeness (QED) is 0.815. The van der Waals surface area contributed by atoms with Crippen molar-refractivity contribution in [2.24, 2.45) is 0 Å². The average molecular weight is 329 g/mol. The van der Waals surface area contributed by atoms with Gasteiger partial charge in [-0.25, -0.2) is 17.5 Å². The van der Waals surface area contributed by atoms with Gasteiger partial charge in [-0.3, -0.25) is 4.79 Å². The van der Waals surface area contributed by atoms with E-state index in [0.717, 1.165) is 31.6 Å². The van der Waals surface area contributed by atoms with E-state index in [4.69, 9.17) is 0 Å². The maximum Gasteiger partial charge on any atom is 0.240 e. The SMILES string of the molecule is O=C(CCNS(=O)(=O)c1ccc(F)cc1)N1CCCNCC1. The van der Waals surface area contributed by atoms with Gasteiger partial charge in [-0.15, -0.1) is 0 Å². The van der Waals surface area contributed by atoms with Crippen LogP contribution in [0.1, 0.15) is 12.8 Å². The highest BCUT2D eigenvalue weighted by molar-refractivity contribution is 7.89. The Hall–Kier alpha value is -1.51. The fourth-order valence-corrected chi connectivity index (χ4v) is 3.27. The third-order valence-electron chi connectivity index (χ3n) is 3.45. The van der Waals surface area contributed by atoms with Crippen LogP contribution in [0.3, 0.4) is 0 Å². The summed E-state index contributed by atoms with van der Waals surface area (Å²) in [6.45, 7) is 3.01. The van der Waals surface area contributed by atoms with Gasteiger partial charge in [0.25, 0.3) is 0 Å². The molecule has 1 aliphatic heterocycles. The van der Waals surface area contributed by atoms with Gasteiger partial charge in [-0.2, -0.15) is 0 Å². The second-order valence-corrected chi connectivity index (χ2v) is 6.85. The molecule has 6 nitrogen and oxygen atoms in total. The van der Waals surface area contributed by atoms with E-state index in [1.807, 2.05) is 0 Å². The Labute approximate surface area is 129 Å². The molecular weight excluding hydrogens is 309 g/mol. The monoisotopic (exact) mass is 329 g/mol. The molecule has 2 rings (SSSR count). The first kappa shape index (κ1) is 16.9. The van der Waals surface area contributed by atoms with Crippen LogP contribution in [0, 0.1) is 5.82 Å².